The van der Waals surface area contributed by atoms with Gasteiger partial charge in [0.25, 0.3) is 0 Å². The second kappa shape index (κ2) is 5.90. The minimum atomic E-state index is 0.0146. The Labute approximate surface area is 125 Å². The molecule has 1 aliphatic carbocycles. The molecule has 3 rings (SSSR count). The van der Waals surface area contributed by atoms with Gasteiger partial charge >= 0.3 is 0 Å². The molecule has 0 radical (unpaired) electrons. The van der Waals surface area contributed by atoms with Crippen LogP contribution in [-0.2, 0) is 0 Å². The molecule has 112 valence electrons. The maximum Gasteiger partial charge on any atom is 0.0953 e. The molecule has 0 spiro atoms. The highest BCUT2D eigenvalue weighted by atomic mass is 16.3. The quantitative estimate of drug-likeness (QED) is 0.755. The molecule has 1 fully saturated rings. The van der Waals surface area contributed by atoms with Crippen molar-refractivity contribution in [3.8, 4) is 0 Å². The third-order valence-electron chi connectivity index (χ3n) is 4.71. The van der Waals surface area contributed by atoms with Gasteiger partial charge in [0.05, 0.1) is 17.8 Å². The number of hydrogen-bond acceptors (Lipinski definition) is 4. The number of aromatic nitrogens is 1. The van der Waals surface area contributed by atoms with Crippen LogP contribution >= 0.6 is 0 Å². The van der Waals surface area contributed by atoms with E-state index in [0.29, 0.717) is 0 Å². The van der Waals surface area contributed by atoms with E-state index in [4.69, 9.17) is 5.73 Å². The summed E-state index contributed by atoms with van der Waals surface area (Å²) >= 11 is 0. The smallest absolute Gasteiger partial charge is 0.0953 e. The van der Waals surface area contributed by atoms with E-state index in [1.165, 1.54) is 19.3 Å². The predicted octanol–water partition coefficient (Wildman–Crippen LogP) is 3.17. The molecule has 0 saturated heterocycles. The summed E-state index contributed by atoms with van der Waals surface area (Å²) < 4.78 is 0. The van der Waals surface area contributed by atoms with Crippen LogP contribution in [0.15, 0.2) is 30.5 Å². The average Bonchev–Trinajstić information content (AvgIpc) is 2.55. The van der Waals surface area contributed by atoms with E-state index in [2.05, 4.69) is 10.3 Å². The second-order valence-corrected chi connectivity index (χ2v) is 6.17. The predicted molar refractivity (Wildman–Crippen MR) is 87.2 cm³/mol. The molecular weight excluding hydrogens is 262 g/mol. The molecule has 0 unspecified atom stereocenters. The number of pyridine rings is 1. The Morgan fingerprint density at radius 1 is 1.19 bits per heavy atom. The Hall–Kier alpha value is -1.81. The fourth-order valence-corrected chi connectivity index (χ4v) is 3.31. The zero-order valence-electron chi connectivity index (χ0n) is 12.3. The van der Waals surface area contributed by atoms with Crippen LogP contribution in [0, 0.1) is 5.41 Å². The standard InChI is InChI=1S/C17H23N3O/c18-14-6-7-15(16-13(14)5-4-10-19-16)20-11-17(12-21)8-2-1-3-9-17/h4-7,10,20-21H,1-3,8-9,11-12,18H2. The van der Waals surface area contributed by atoms with Crippen molar-refractivity contribution in [2.75, 3.05) is 24.2 Å². The van der Waals surface area contributed by atoms with Gasteiger partial charge in [-0.1, -0.05) is 19.3 Å². The van der Waals surface area contributed by atoms with Crippen molar-refractivity contribution < 1.29 is 5.11 Å². The van der Waals surface area contributed by atoms with Crippen molar-refractivity contribution in [1.82, 2.24) is 4.98 Å². The lowest BCUT2D eigenvalue weighted by atomic mass is 9.74. The lowest BCUT2D eigenvalue weighted by Gasteiger charge is -2.36. The van der Waals surface area contributed by atoms with E-state index in [9.17, 15) is 5.11 Å². The highest BCUT2D eigenvalue weighted by Crippen LogP contribution is 2.36. The topological polar surface area (TPSA) is 71.2 Å². The number of anilines is 2. The normalized spacial score (nSPS) is 17.8. The van der Waals surface area contributed by atoms with Crippen molar-refractivity contribution in [3.05, 3.63) is 30.5 Å². The number of benzene rings is 1. The Morgan fingerprint density at radius 2 is 2.00 bits per heavy atom. The van der Waals surface area contributed by atoms with Gasteiger partial charge in [0.1, 0.15) is 0 Å². The maximum atomic E-state index is 9.80. The molecule has 0 amide bonds. The van der Waals surface area contributed by atoms with Crippen molar-refractivity contribution in [2.24, 2.45) is 5.41 Å². The van der Waals surface area contributed by atoms with E-state index in [0.717, 1.165) is 41.7 Å². The lowest BCUT2D eigenvalue weighted by Crippen LogP contribution is -2.35. The van der Waals surface area contributed by atoms with Crippen LogP contribution in [0.3, 0.4) is 0 Å². The summed E-state index contributed by atoms with van der Waals surface area (Å²) in [5, 5.41) is 14.3. The van der Waals surface area contributed by atoms with Gasteiger partial charge in [-0.3, -0.25) is 4.98 Å². The molecule has 1 saturated carbocycles. The molecule has 21 heavy (non-hydrogen) atoms. The van der Waals surface area contributed by atoms with Gasteiger partial charge in [-0.25, -0.2) is 0 Å². The summed E-state index contributed by atoms with van der Waals surface area (Å²) in [5.74, 6) is 0. The summed E-state index contributed by atoms with van der Waals surface area (Å²) in [6.45, 7) is 1.04. The van der Waals surface area contributed by atoms with Crippen LogP contribution in [0.2, 0.25) is 0 Å². The molecule has 2 aromatic rings. The molecule has 0 bridgehead atoms. The van der Waals surface area contributed by atoms with Crippen molar-refractivity contribution in [2.45, 2.75) is 32.1 Å². The van der Waals surface area contributed by atoms with E-state index >= 15 is 0 Å². The van der Waals surface area contributed by atoms with E-state index < -0.39 is 0 Å². The third-order valence-corrected chi connectivity index (χ3v) is 4.71. The Kier molecular flexibility index (Phi) is 3.97. The fourth-order valence-electron chi connectivity index (χ4n) is 3.31. The monoisotopic (exact) mass is 285 g/mol. The maximum absolute atomic E-state index is 9.80. The van der Waals surface area contributed by atoms with Gasteiger partial charge in [-0.05, 0) is 37.1 Å². The molecule has 1 aliphatic rings. The summed E-state index contributed by atoms with van der Waals surface area (Å²) in [5.41, 5.74) is 8.67. The number of aliphatic hydroxyl groups excluding tert-OH is 1. The molecule has 1 heterocycles. The summed E-state index contributed by atoms with van der Waals surface area (Å²) in [4.78, 5) is 4.45. The van der Waals surface area contributed by atoms with Crippen LogP contribution in [0.1, 0.15) is 32.1 Å². The van der Waals surface area contributed by atoms with Crippen molar-refractivity contribution >= 4 is 22.3 Å². The van der Waals surface area contributed by atoms with E-state index in [1.54, 1.807) is 6.20 Å². The number of nitrogen functional groups attached to an aromatic ring is 1. The first-order valence-electron chi connectivity index (χ1n) is 7.72. The first-order chi connectivity index (χ1) is 10.2. The van der Waals surface area contributed by atoms with Gasteiger partial charge in [-0.2, -0.15) is 0 Å². The summed E-state index contributed by atoms with van der Waals surface area (Å²) in [6, 6.07) is 7.79. The molecule has 0 aliphatic heterocycles. The molecule has 4 N–H and O–H groups in total. The molecule has 1 aromatic carbocycles. The van der Waals surface area contributed by atoms with E-state index in [1.807, 2.05) is 24.3 Å². The molecule has 4 heteroatoms. The van der Waals surface area contributed by atoms with Gasteiger partial charge in [0, 0.05) is 29.2 Å². The minimum Gasteiger partial charge on any atom is -0.398 e. The minimum absolute atomic E-state index is 0.0146. The molecule has 1 aromatic heterocycles. The third kappa shape index (κ3) is 2.81. The molecule has 0 atom stereocenters. The van der Waals surface area contributed by atoms with Gasteiger partial charge in [-0.15, -0.1) is 0 Å². The van der Waals surface area contributed by atoms with Gasteiger partial charge < -0.3 is 16.2 Å². The molecular formula is C17H23N3O. The van der Waals surface area contributed by atoms with Crippen LogP contribution in [0.4, 0.5) is 11.4 Å². The lowest BCUT2D eigenvalue weighted by molar-refractivity contribution is 0.0944. The summed E-state index contributed by atoms with van der Waals surface area (Å²) in [6.07, 6.45) is 7.68. The number of rotatable bonds is 4. The number of fused-ring (bicyclic) bond motifs is 1. The van der Waals surface area contributed by atoms with Crippen molar-refractivity contribution in [1.29, 1.82) is 0 Å². The Bertz CT molecular complexity index is 620. The Morgan fingerprint density at radius 3 is 2.76 bits per heavy atom. The second-order valence-electron chi connectivity index (χ2n) is 6.17. The summed E-state index contributed by atoms with van der Waals surface area (Å²) in [7, 11) is 0. The average molecular weight is 285 g/mol. The highest BCUT2D eigenvalue weighted by Gasteiger charge is 2.31. The first-order valence-corrected chi connectivity index (χ1v) is 7.72. The number of nitrogens with two attached hydrogens (primary N) is 1. The van der Waals surface area contributed by atoms with Crippen LogP contribution in [0.5, 0.6) is 0 Å². The van der Waals surface area contributed by atoms with Crippen LogP contribution in [-0.4, -0.2) is 23.2 Å². The zero-order valence-corrected chi connectivity index (χ0v) is 12.3. The fraction of sp³-hybridized carbons (Fsp3) is 0.471. The van der Waals surface area contributed by atoms with Gasteiger partial charge in [0.2, 0.25) is 0 Å². The van der Waals surface area contributed by atoms with Crippen LogP contribution < -0.4 is 11.1 Å². The van der Waals surface area contributed by atoms with Crippen molar-refractivity contribution in [3.63, 3.8) is 0 Å². The van der Waals surface area contributed by atoms with E-state index in [-0.39, 0.29) is 12.0 Å². The number of nitrogens with zero attached hydrogens (tertiary/aromatic N) is 1. The largest absolute Gasteiger partial charge is 0.398 e. The first kappa shape index (κ1) is 14.1. The zero-order chi connectivity index (χ0) is 14.7. The number of nitrogens with one attached hydrogen (secondary N) is 1. The number of hydrogen-bond donors (Lipinski definition) is 3. The number of aliphatic hydroxyl groups is 1. The SMILES string of the molecule is Nc1ccc(NCC2(CO)CCCCC2)c2ncccc12. The van der Waals surface area contributed by atoms with Gasteiger partial charge in [0.15, 0.2) is 0 Å². The molecule has 4 nitrogen and oxygen atoms in total. The van der Waals surface area contributed by atoms with Crippen LogP contribution in [0.25, 0.3) is 10.9 Å². The Balaban J connectivity index is 1.83. The highest BCUT2D eigenvalue weighted by molar-refractivity contribution is 5.98.